The van der Waals surface area contributed by atoms with Gasteiger partial charge in [0, 0.05) is 6.20 Å². The monoisotopic (exact) mass is 404 g/mol. The van der Waals surface area contributed by atoms with E-state index in [0.29, 0.717) is 23.3 Å². The zero-order valence-corrected chi connectivity index (χ0v) is 14.0. The predicted molar refractivity (Wildman–Crippen MR) is 90.4 cm³/mol. The lowest BCUT2D eigenvalue weighted by Crippen LogP contribution is -2.30. The van der Waals surface area contributed by atoms with Gasteiger partial charge in [0.2, 0.25) is 0 Å². The summed E-state index contributed by atoms with van der Waals surface area (Å²) in [6.07, 6.45) is -7.31. The van der Waals surface area contributed by atoms with Gasteiger partial charge in [0.05, 0.1) is 24.0 Å². The van der Waals surface area contributed by atoms with Gasteiger partial charge in [0.1, 0.15) is 11.4 Å². The number of aromatic amines is 1. The Morgan fingerprint density at radius 1 is 1.18 bits per heavy atom. The zero-order valence-electron chi connectivity index (χ0n) is 14.0. The molecule has 0 saturated heterocycles. The minimum atomic E-state index is -4.78. The van der Waals surface area contributed by atoms with Gasteiger partial charge < -0.3 is 10.4 Å². The molecule has 150 valence electrons. The SMILES string of the molecule is C=NC(=N)C(=CNNCc1ncc(-c2ccc(C(F)(F)F)cc2)[nH]1)C(F)(F)F. The lowest BCUT2D eigenvalue weighted by atomic mass is 10.1. The Morgan fingerprint density at radius 2 is 1.82 bits per heavy atom. The van der Waals surface area contributed by atoms with E-state index in [1.54, 1.807) is 0 Å². The molecule has 0 aliphatic heterocycles. The number of nitrogens with one attached hydrogen (secondary N) is 4. The Morgan fingerprint density at radius 3 is 2.36 bits per heavy atom. The third-order valence-corrected chi connectivity index (χ3v) is 3.44. The third kappa shape index (κ3) is 5.42. The highest BCUT2D eigenvalue weighted by Crippen LogP contribution is 2.30. The van der Waals surface area contributed by atoms with Gasteiger partial charge in [-0.3, -0.25) is 5.41 Å². The van der Waals surface area contributed by atoms with E-state index in [0.717, 1.165) is 12.1 Å². The van der Waals surface area contributed by atoms with Gasteiger partial charge in [0.25, 0.3) is 0 Å². The van der Waals surface area contributed by atoms with E-state index >= 15 is 0 Å². The van der Waals surface area contributed by atoms with Crippen molar-refractivity contribution in [3.63, 3.8) is 0 Å². The maximum atomic E-state index is 12.7. The Hall–Kier alpha value is -3.15. The number of nitrogens with zero attached hydrogens (tertiary/aromatic N) is 2. The summed E-state index contributed by atoms with van der Waals surface area (Å²) in [6, 6.07) is 4.42. The molecule has 0 spiro atoms. The molecule has 0 unspecified atom stereocenters. The number of hydrogen-bond donors (Lipinski definition) is 4. The lowest BCUT2D eigenvalue weighted by molar-refractivity contribution is -0.137. The lowest BCUT2D eigenvalue weighted by Gasteiger charge is -2.10. The van der Waals surface area contributed by atoms with Crippen LogP contribution in [-0.4, -0.2) is 28.7 Å². The number of halogens is 6. The number of benzene rings is 1. The van der Waals surface area contributed by atoms with Crippen LogP contribution in [0.1, 0.15) is 11.4 Å². The molecular weight excluding hydrogens is 390 g/mol. The Labute approximate surface area is 154 Å². The summed E-state index contributed by atoms with van der Waals surface area (Å²) in [5.74, 6) is -0.717. The number of hydrazine groups is 1. The van der Waals surface area contributed by atoms with Crippen molar-refractivity contribution in [2.75, 3.05) is 0 Å². The summed E-state index contributed by atoms with van der Waals surface area (Å²) in [5.41, 5.74) is 3.43. The molecule has 2 rings (SSSR count). The fraction of sp³-hybridized carbons (Fsp3) is 0.188. The van der Waals surface area contributed by atoms with E-state index in [9.17, 15) is 26.3 Å². The van der Waals surface area contributed by atoms with Crippen LogP contribution in [0.25, 0.3) is 11.3 Å². The van der Waals surface area contributed by atoms with Gasteiger partial charge in [-0.25, -0.2) is 15.4 Å². The van der Waals surface area contributed by atoms with E-state index in [1.807, 2.05) is 0 Å². The average molecular weight is 404 g/mol. The molecule has 6 nitrogen and oxygen atoms in total. The van der Waals surface area contributed by atoms with Crippen LogP contribution in [0.15, 0.2) is 47.2 Å². The molecule has 2 aromatic rings. The first-order valence-electron chi connectivity index (χ1n) is 7.55. The molecule has 0 radical (unpaired) electrons. The van der Waals surface area contributed by atoms with E-state index < -0.39 is 29.3 Å². The van der Waals surface area contributed by atoms with Gasteiger partial charge in [-0.05, 0) is 24.4 Å². The fourth-order valence-electron chi connectivity index (χ4n) is 2.07. The van der Waals surface area contributed by atoms with E-state index in [-0.39, 0.29) is 6.54 Å². The molecule has 1 aromatic heterocycles. The number of hydrogen-bond acceptors (Lipinski definition) is 4. The predicted octanol–water partition coefficient (Wildman–Crippen LogP) is 3.81. The summed E-state index contributed by atoms with van der Waals surface area (Å²) in [4.78, 5) is 9.76. The van der Waals surface area contributed by atoms with Crippen molar-refractivity contribution in [1.82, 2.24) is 20.8 Å². The Kier molecular flexibility index (Phi) is 6.23. The van der Waals surface area contributed by atoms with E-state index in [4.69, 9.17) is 5.41 Å². The average Bonchev–Trinajstić information content (AvgIpc) is 3.08. The van der Waals surface area contributed by atoms with Crippen LogP contribution in [0.3, 0.4) is 0 Å². The summed E-state index contributed by atoms with van der Waals surface area (Å²) < 4.78 is 75.9. The quantitative estimate of drug-likeness (QED) is 0.194. The van der Waals surface area contributed by atoms with Crippen molar-refractivity contribution in [3.05, 3.63) is 53.6 Å². The van der Waals surface area contributed by atoms with Gasteiger partial charge in [-0.15, -0.1) is 0 Å². The number of aromatic nitrogens is 2. The topological polar surface area (TPSA) is 88.9 Å². The summed E-state index contributed by atoms with van der Waals surface area (Å²) in [6.45, 7) is 2.85. The number of imidazole rings is 1. The minimum Gasteiger partial charge on any atom is -0.341 e. The molecule has 0 saturated carbocycles. The van der Waals surface area contributed by atoms with Gasteiger partial charge in [0.15, 0.2) is 5.84 Å². The second kappa shape index (κ2) is 8.25. The van der Waals surface area contributed by atoms with Crippen LogP contribution < -0.4 is 10.9 Å². The summed E-state index contributed by atoms with van der Waals surface area (Å²) in [7, 11) is 0. The number of rotatable bonds is 6. The minimum absolute atomic E-state index is 0.0306. The highest BCUT2D eigenvalue weighted by molar-refractivity contribution is 5.99. The highest BCUT2D eigenvalue weighted by atomic mass is 19.4. The van der Waals surface area contributed by atoms with Crippen molar-refractivity contribution >= 4 is 12.6 Å². The molecule has 0 atom stereocenters. The van der Waals surface area contributed by atoms with Crippen molar-refractivity contribution in [1.29, 1.82) is 5.41 Å². The standard InChI is InChI=1S/C16H14F6N6/c1-24-14(23)11(16(20,21)22)6-26-27-8-13-25-7-12(28-13)9-2-4-10(5-3-9)15(17,18)19/h2-7,23,26-27H,1,8H2,(H,25,28). The molecule has 1 aromatic carbocycles. The molecule has 0 aliphatic carbocycles. The number of alkyl halides is 6. The summed E-state index contributed by atoms with van der Waals surface area (Å²) >= 11 is 0. The number of amidine groups is 1. The van der Waals surface area contributed by atoms with E-state index in [1.165, 1.54) is 18.3 Å². The normalized spacial score (nSPS) is 12.7. The molecule has 0 amide bonds. The van der Waals surface area contributed by atoms with E-state index in [2.05, 4.69) is 32.5 Å². The third-order valence-electron chi connectivity index (χ3n) is 3.44. The highest BCUT2D eigenvalue weighted by Gasteiger charge is 2.36. The maximum Gasteiger partial charge on any atom is 0.421 e. The molecular formula is C16H14F6N6. The maximum absolute atomic E-state index is 12.7. The molecule has 12 heteroatoms. The van der Waals surface area contributed by atoms with Crippen molar-refractivity contribution in [2.45, 2.75) is 18.9 Å². The van der Waals surface area contributed by atoms with Crippen molar-refractivity contribution in [3.8, 4) is 11.3 Å². The first kappa shape index (κ1) is 21.2. The first-order valence-corrected chi connectivity index (χ1v) is 7.55. The van der Waals surface area contributed by atoms with Gasteiger partial charge in [-0.1, -0.05) is 12.1 Å². The molecule has 0 bridgehead atoms. The van der Waals surface area contributed by atoms with Gasteiger partial charge >= 0.3 is 12.4 Å². The largest absolute Gasteiger partial charge is 0.421 e. The first-order chi connectivity index (χ1) is 13.0. The number of aliphatic imine (C=N–C) groups is 1. The number of H-pyrrole nitrogens is 1. The van der Waals surface area contributed by atoms with Crippen LogP contribution >= 0.6 is 0 Å². The molecule has 0 fully saturated rings. The molecule has 28 heavy (non-hydrogen) atoms. The van der Waals surface area contributed by atoms with Gasteiger partial charge in [-0.2, -0.15) is 26.3 Å². The molecule has 1 heterocycles. The zero-order chi connectivity index (χ0) is 20.9. The second-order valence-electron chi connectivity index (χ2n) is 5.38. The Balaban J connectivity index is 1.99. The van der Waals surface area contributed by atoms with Crippen LogP contribution in [0, 0.1) is 5.41 Å². The molecule has 4 N–H and O–H groups in total. The van der Waals surface area contributed by atoms with Crippen LogP contribution in [0.5, 0.6) is 0 Å². The van der Waals surface area contributed by atoms with Crippen LogP contribution in [-0.2, 0) is 12.7 Å². The van der Waals surface area contributed by atoms with Crippen LogP contribution in [0.2, 0.25) is 0 Å². The summed E-state index contributed by atoms with van der Waals surface area (Å²) in [5, 5.41) is 7.13. The smallest absolute Gasteiger partial charge is 0.341 e. The van der Waals surface area contributed by atoms with Crippen LogP contribution in [0.4, 0.5) is 26.3 Å². The second-order valence-corrected chi connectivity index (χ2v) is 5.38. The molecule has 0 aliphatic rings. The fourth-order valence-corrected chi connectivity index (χ4v) is 2.07. The van der Waals surface area contributed by atoms with Crippen molar-refractivity contribution < 1.29 is 26.3 Å². The Bertz CT molecular complexity index is 863. The van der Waals surface area contributed by atoms with Crippen molar-refractivity contribution in [2.24, 2.45) is 4.99 Å².